The number of rotatable bonds is 5. The Labute approximate surface area is 227 Å². The maximum atomic E-state index is 14.0. The van der Waals surface area contributed by atoms with Crippen LogP contribution in [-0.2, 0) is 19.6 Å². The summed E-state index contributed by atoms with van der Waals surface area (Å²) in [7, 11) is 0. The largest absolute Gasteiger partial charge is 0.347 e. The first-order valence-electron chi connectivity index (χ1n) is 13.0. The average molecular weight is 513 g/mol. The van der Waals surface area contributed by atoms with E-state index in [1.165, 1.54) is 0 Å². The van der Waals surface area contributed by atoms with Gasteiger partial charge >= 0.3 is 0 Å². The van der Waals surface area contributed by atoms with Gasteiger partial charge in [-0.15, -0.1) is 0 Å². The lowest BCUT2D eigenvalue weighted by Crippen LogP contribution is -2.30. The number of nitrogens with zero attached hydrogens (tertiary/aromatic N) is 3. The Kier molecular flexibility index (Phi) is 6.51. The van der Waals surface area contributed by atoms with Crippen molar-refractivity contribution in [3.05, 3.63) is 143 Å². The van der Waals surface area contributed by atoms with E-state index in [4.69, 9.17) is 0 Å². The molecule has 0 spiro atoms. The molecular formula is C33H28N4O2. The van der Waals surface area contributed by atoms with E-state index in [0.717, 1.165) is 39.2 Å². The number of pyridine rings is 1. The van der Waals surface area contributed by atoms with Gasteiger partial charge in [0.25, 0.3) is 11.8 Å². The van der Waals surface area contributed by atoms with Crippen LogP contribution >= 0.6 is 0 Å². The number of nitrogens with one attached hydrogen (secondary N) is 1. The fraction of sp³-hybridized carbons (Fsp3) is 0.121. The maximum absolute atomic E-state index is 14.0. The van der Waals surface area contributed by atoms with E-state index in [9.17, 15) is 9.59 Å². The molecule has 2 amide bonds. The van der Waals surface area contributed by atoms with Gasteiger partial charge in [-0.2, -0.15) is 0 Å². The highest BCUT2D eigenvalue weighted by Gasteiger charge is 2.27. The predicted octanol–water partition coefficient (Wildman–Crippen LogP) is 6.00. The highest BCUT2D eigenvalue weighted by molar-refractivity contribution is 6.07. The molecule has 1 N–H and O–H groups in total. The Balaban J connectivity index is 1.30. The first-order chi connectivity index (χ1) is 19.1. The number of aryl methyl sites for hydroxylation is 1. The summed E-state index contributed by atoms with van der Waals surface area (Å²) in [4.78, 5) is 33.1. The Morgan fingerprint density at radius 1 is 0.872 bits per heavy atom. The van der Waals surface area contributed by atoms with Crippen molar-refractivity contribution in [2.75, 3.05) is 4.90 Å². The summed E-state index contributed by atoms with van der Waals surface area (Å²) >= 11 is 0. The van der Waals surface area contributed by atoms with Gasteiger partial charge in [-0.1, -0.05) is 60.7 Å². The molecule has 3 aromatic carbocycles. The maximum Gasteiger partial charge on any atom is 0.268 e. The number of fused-ring (bicyclic) bond motifs is 2. The smallest absolute Gasteiger partial charge is 0.268 e. The molecule has 0 unspecified atom stereocenters. The van der Waals surface area contributed by atoms with Crippen LogP contribution in [0, 0.1) is 6.92 Å². The van der Waals surface area contributed by atoms with Crippen LogP contribution in [0.3, 0.4) is 0 Å². The van der Waals surface area contributed by atoms with Gasteiger partial charge in [0, 0.05) is 35.9 Å². The predicted molar refractivity (Wildman–Crippen MR) is 153 cm³/mol. The van der Waals surface area contributed by atoms with Crippen molar-refractivity contribution in [1.82, 2.24) is 14.9 Å². The van der Waals surface area contributed by atoms with Crippen LogP contribution in [-0.4, -0.2) is 21.4 Å². The molecular weight excluding hydrogens is 484 g/mol. The van der Waals surface area contributed by atoms with Gasteiger partial charge in [-0.3, -0.25) is 14.6 Å². The van der Waals surface area contributed by atoms with Crippen molar-refractivity contribution in [3.63, 3.8) is 0 Å². The molecule has 0 radical (unpaired) electrons. The van der Waals surface area contributed by atoms with Crippen LogP contribution < -0.4 is 10.2 Å². The highest BCUT2D eigenvalue weighted by atomic mass is 16.2. The minimum absolute atomic E-state index is 0.0672. The Hall–Kier alpha value is -4.97. The van der Waals surface area contributed by atoms with Crippen molar-refractivity contribution < 1.29 is 9.59 Å². The lowest BCUT2D eigenvalue weighted by molar-refractivity contribution is 0.0941. The molecule has 5 aromatic rings. The van der Waals surface area contributed by atoms with E-state index in [2.05, 4.69) is 22.4 Å². The van der Waals surface area contributed by atoms with Crippen molar-refractivity contribution in [2.45, 2.75) is 26.6 Å². The molecule has 0 bridgehead atoms. The molecule has 3 heterocycles. The normalized spacial score (nSPS) is 12.3. The number of amides is 2. The fourth-order valence-electron chi connectivity index (χ4n) is 5.21. The average Bonchev–Trinajstić information content (AvgIpc) is 3.29. The highest BCUT2D eigenvalue weighted by Crippen LogP contribution is 2.31. The monoisotopic (exact) mass is 512 g/mol. The SMILES string of the molecule is Cc1cc(C(=O)N2Cc3ccc(C(=O)NCc4cccnc4)n3Cc3ccccc32)ccc1-c1ccccc1. The molecule has 1 aliphatic rings. The zero-order valence-electron chi connectivity index (χ0n) is 21.7. The number of hydrogen-bond donors (Lipinski definition) is 1. The number of anilines is 1. The van der Waals surface area contributed by atoms with E-state index in [1.807, 2.05) is 101 Å². The molecule has 2 aromatic heterocycles. The summed E-state index contributed by atoms with van der Waals surface area (Å²) in [6.45, 7) is 3.30. The van der Waals surface area contributed by atoms with Crippen LogP contribution in [0.2, 0.25) is 0 Å². The van der Waals surface area contributed by atoms with E-state index in [1.54, 1.807) is 12.4 Å². The Morgan fingerprint density at radius 2 is 1.69 bits per heavy atom. The minimum atomic E-state index is -0.158. The molecule has 6 rings (SSSR count). The number of para-hydroxylation sites is 1. The molecule has 6 heteroatoms. The second-order valence-corrected chi connectivity index (χ2v) is 9.76. The third-order valence-corrected chi connectivity index (χ3v) is 7.21. The molecule has 0 atom stereocenters. The molecule has 0 saturated carbocycles. The molecule has 0 fully saturated rings. The first-order valence-corrected chi connectivity index (χ1v) is 13.0. The second kappa shape index (κ2) is 10.4. The number of benzene rings is 3. The minimum Gasteiger partial charge on any atom is -0.347 e. The summed E-state index contributed by atoms with van der Waals surface area (Å²) in [5, 5.41) is 3.00. The van der Waals surface area contributed by atoms with Gasteiger partial charge in [-0.25, -0.2) is 0 Å². The summed E-state index contributed by atoms with van der Waals surface area (Å²) in [6, 6.07) is 31.6. The van der Waals surface area contributed by atoms with Crippen molar-refractivity contribution >= 4 is 17.5 Å². The summed E-state index contributed by atoms with van der Waals surface area (Å²) in [5.74, 6) is -0.225. The first kappa shape index (κ1) is 24.4. The quantitative estimate of drug-likeness (QED) is 0.314. The van der Waals surface area contributed by atoms with E-state index in [0.29, 0.717) is 30.9 Å². The van der Waals surface area contributed by atoms with Crippen LogP contribution in [0.5, 0.6) is 0 Å². The molecule has 1 aliphatic heterocycles. The van der Waals surface area contributed by atoms with Gasteiger partial charge in [0.15, 0.2) is 0 Å². The zero-order valence-corrected chi connectivity index (χ0v) is 21.7. The fourth-order valence-corrected chi connectivity index (χ4v) is 5.21. The zero-order chi connectivity index (χ0) is 26.8. The molecule has 6 nitrogen and oxygen atoms in total. The van der Waals surface area contributed by atoms with E-state index in [-0.39, 0.29) is 11.8 Å². The Morgan fingerprint density at radius 3 is 2.49 bits per heavy atom. The van der Waals surface area contributed by atoms with Crippen LogP contribution in [0.15, 0.2) is 109 Å². The van der Waals surface area contributed by atoms with Gasteiger partial charge in [-0.05, 0) is 71.1 Å². The number of hydrogen-bond acceptors (Lipinski definition) is 3. The summed E-state index contributed by atoms with van der Waals surface area (Å²) in [5.41, 5.74) is 8.18. The third kappa shape index (κ3) is 4.84. The molecule has 192 valence electrons. The van der Waals surface area contributed by atoms with Crippen LogP contribution in [0.4, 0.5) is 5.69 Å². The lowest BCUT2D eigenvalue weighted by atomic mass is 9.98. The standard InChI is InChI=1S/C33H28N4O2/c1-23-18-26(13-15-29(23)25-9-3-2-4-10-25)33(39)37-22-28-14-16-31(32(38)35-20-24-8-7-17-34-19-24)36(28)21-27-11-5-6-12-30(27)37/h2-19H,20-22H2,1H3,(H,35,38). The van der Waals surface area contributed by atoms with Gasteiger partial charge < -0.3 is 14.8 Å². The topological polar surface area (TPSA) is 67.2 Å². The van der Waals surface area contributed by atoms with E-state index < -0.39 is 0 Å². The van der Waals surface area contributed by atoms with Crippen molar-refractivity contribution in [3.8, 4) is 11.1 Å². The third-order valence-electron chi connectivity index (χ3n) is 7.21. The summed E-state index contributed by atoms with van der Waals surface area (Å²) in [6.07, 6.45) is 3.45. The van der Waals surface area contributed by atoms with Gasteiger partial charge in [0.1, 0.15) is 5.69 Å². The number of carbonyl (C=O) groups excluding carboxylic acids is 2. The summed E-state index contributed by atoms with van der Waals surface area (Å²) < 4.78 is 2.01. The molecule has 0 saturated heterocycles. The van der Waals surface area contributed by atoms with Gasteiger partial charge in [0.2, 0.25) is 0 Å². The number of carbonyl (C=O) groups is 2. The molecule has 0 aliphatic carbocycles. The second-order valence-electron chi connectivity index (χ2n) is 9.76. The van der Waals surface area contributed by atoms with Crippen LogP contribution in [0.25, 0.3) is 11.1 Å². The molecule has 39 heavy (non-hydrogen) atoms. The van der Waals surface area contributed by atoms with Crippen molar-refractivity contribution in [1.29, 1.82) is 0 Å². The number of aromatic nitrogens is 2. The van der Waals surface area contributed by atoms with E-state index >= 15 is 0 Å². The Bertz CT molecular complexity index is 1660. The lowest BCUT2D eigenvalue weighted by Gasteiger charge is -2.23. The van der Waals surface area contributed by atoms with Crippen molar-refractivity contribution in [2.24, 2.45) is 0 Å². The van der Waals surface area contributed by atoms with Crippen LogP contribution in [0.1, 0.15) is 43.2 Å². The van der Waals surface area contributed by atoms with Gasteiger partial charge in [0.05, 0.1) is 13.1 Å².